The summed E-state index contributed by atoms with van der Waals surface area (Å²) >= 11 is 11.6. The van der Waals surface area contributed by atoms with Crippen molar-refractivity contribution >= 4 is 23.2 Å². The molecule has 0 aliphatic rings. The molecule has 0 fully saturated rings. The summed E-state index contributed by atoms with van der Waals surface area (Å²) in [5.74, 6) is -0.659. The number of nitrogens with zero attached hydrogens (tertiary/aromatic N) is 2. The largest absolute Gasteiger partial charge is 0.197 e. The third-order valence-electron chi connectivity index (χ3n) is 1.75. The van der Waals surface area contributed by atoms with Crippen molar-refractivity contribution in [3.63, 3.8) is 0 Å². The van der Waals surface area contributed by atoms with Gasteiger partial charge < -0.3 is 0 Å². The van der Waals surface area contributed by atoms with E-state index in [0.29, 0.717) is 16.5 Å². The molecule has 0 heterocycles. The van der Waals surface area contributed by atoms with Gasteiger partial charge in [-0.2, -0.15) is 10.5 Å². The maximum absolute atomic E-state index is 8.59. The summed E-state index contributed by atoms with van der Waals surface area (Å²) in [6.45, 7) is 0. The molecule has 1 rings (SSSR count). The lowest BCUT2D eigenvalue weighted by molar-refractivity contribution is 0.834. The number of nitriles is 2. The van der Waals surface area contributed by atoms with Crippen molar-refractivity contribution in [1.82, 2.24) is 0 Å². The van der Waals surface area contributed by atoms with Crippen LogP contribution in [-0.2, 0) is 6.42 Å². The number of halogens is 2. The van der Waals surface area contributed by atoms with Crippen LogP contribution in [0.15, 0.2) is 18.2 Å². The Kier molecular flexibility index (Phi) is 3.77. The molecule has 0 bridgehead atoms. The van der Waals surface area contributed by atoms with Crippen LogP contribution >= 0.6 is 23.2 Å². The van der Waals surface area contributed by atoms with Gasteiger partial charge >= 0.3 is 0 Å². The van der Waals surface area contributed by atoms with Gasteiger partial charge in [-0.3, -0.25) is 0 Å². The lowest BCUT2D eigenvalue weighted by Crippen LogP contribution is -1.98. The fourth-order valence-corrected chi connectivity index (χ4v) is 1.51. The van der Waals surface area contributed by atoms with E-state index in [-0.39, 0.29) is 0 Å². The summed E-state index contributed by atoms with van der Waals surface area (Å²) in [7, 11) is 0. The Hall–Kier alpha value is -1.22. The SMILES string of the molecule is N#CC(C#N)Cc1ccc(Cl)cc1Cl. The van der Waals surface area contributed by atoms with Crippen LogP contribution in [-0.4, -0.2) is 0 Å². The van der Waals surface area contributed by atoms with Crippen molar-refractivity contribution in [2.45, 2.75) is 6.42 Å². The van der Waals surface area contributed by atoms with E-state index in [9.17, 15) is 0 Å². The smallest absolute Gasteiger partial charge is 0.137 e. The number of benzene rings is 1. The van der Waals surface area contributed by atoms with Crippen LogP contribution in [0, 0.1) is 28.6 Å². The Labute approximate surface area is 92.3 Å². The standard InChI is InChI=1S/C10H6Cl2N2/c11-9-2-1-8(10(12)4-9)3-7(5-13)6-14/h1-2,4,7H,3H2. The molecule has 1 aromatic carbocycles. The van der Waals surface area contributed by atoms with Crippen LogP contribution < -0.4 is 0 Å². The molecule has 0 aliphatic carbocycles. The molecule has 0 amide bonds. The molecule has 0 aliphatic heterocycles. The molecule has 2 nitrogen and oxygen atoms in total. The Bertz CT molecular complexity index is 401. The Balaban J connectivity index is 2.89. The lowest BCUT2D eigenvalue weighted by Gasteiger charge is -2.03. The zero-order valence-corrected chi connectivity index (χ0v) is 8.68. The molecule has 0 spiro atoms. The molecule has 1 aromatic rings. The average molecular weight is 225 g/mol. The number of rotatable bonds is 2. The van der Waals surface area contributed by atoms with E-state index in [0.717, 1.165) is 5.56 Å². The molecular formula is C10H6Cl2N2. The fourth-order valence-electron chi connectivity index (χ4n) is 1.03. The highest BCUT2D eigenvalue weighted by Crippen LogP contribution is 2.23. The molecule has 14 heavy (non-hydrogen) atoms. The third-order valence-corrected chi connectivity index (χ3v) is 2.34. The molecular weight excluding hydrogens is 219 g/mol. The minimum absolute atomic E-state index is 0.336. The molecule has 0 saturated heterocycles. The molecule has 0 atom stereocenters. The van der Waals surface area contributed by atoms with Gasteiger partial charge in [-0.05, 0) is 17.7 Å². The summed E-state index contributed by atoms with van der Waals surface area (Å²) in [6.07, 6.45) is 0.336. The second-order valence-electron chi connectivity index (χ2n) is 2.75. The van der Waals surface area contributed by atoms with E-state index in [1.807, 2.05) is 12.1 Å². The van der Waals surface area contributed by atoms with Crippen molar-refractivity contribution in [3.05, 3.63) is 33.8 Å². The Morgan fingerprint density at radius 2 is 1.86 bits per heavy atom. The normalized spacial score (nSPS) is 9.50. The lowest BCUT2D eigenvalue weighted by atomic mass is 10.0. The first-order valence-corrected chi connectivity index (χ1v) is 4.66. The highest BCUT2D eigenvalue weighted by molar-refractivity contribution is 6.35. The quantitative estimate of drug-likeness (QED) is 0.775. The van der Waals surface area contributed by atoms with E-state index in [1.54, 1.807) is 18.2 Å². The summed E-state index contributed by atoms with van der Waals surface area (Å²) in [4.78, 5) is 0. The van der Waals surface area contributed by atoms with E-state index in [2.05, 4.69) is 0 Å². The number of hydrogen-bond donors (Lipinski definition) is 0. The number of hydrogen-bond acceptors (Lipinski definition) is 2. The third kappa shape index (κ3) is 2.64. The Morgan fingerprint density at radius 3 is 2.36 bits per heavy atom. The van der Waals surface area contributed by atoms with Gasteiger partial charge in [0.25, 0.3) is 0 Å². The van der Waals surface area contributed by atoms with Crippen molar-refractivity contribution in [1.29, 1.82) is 10.5 Å². The van der Waals surface area contributed by atoms with Gasteiger partial charge in [0.1, 0.15) is 5.92 Å². The highest BCUT2D eigenvalue weighted by Gasteiger charge is 2.09. The van der Waals surface area contributed by atoms with Crippen LogP contribution in [0.25, 0.3) is 0 Å². The van der Waals surface area contributed by atoms with Crippen LogP contribution in [0.1, 0.15) is 5.56 Å². The Morgan fingerprint density at radius 1 is 1.21 bits per heavy atom. The maximum atomic E-state index is 8.59. The van der Waals surface area contributed by atoms with Gasteiger partial charge in [0, 0.05) is 16.5 Å². The first kappa shape index (κ1) is 10.9. The molecule has 0 saturated carbocycles. The molecule has 0 unspecified atom stereocenters. The second-order valence-corrected chi connectivity index (χ2v) is 3.59. The van der Waals surface area contributed by atoms with Gasteiger partial charge in [-0.1, -0.05) is 29.3 Å². The summed E-state index contributed by atoms with van der Waals surface area (Å²) in [5, 5.41) is 18.2. The van der Waals surface area contributed by atoms with E-state index in [4.69, 9.17) is 33.7 Å². The minimum Gasteiger partial charge on any atom is -0.197 e. The fraction of sp³-hybridized carbons (Fsp3) is 0.200. The van der Waals surface area contributed by atoms with Gasteiger partial charge in [-0.25, -0.2) is 0 Å². The van der Waals surface area contributed by atoms with Crippen LogP contribution in [0.2, 0.25) is 10.0 Å². The van der Waals surface area contributed by atoms with E-state index >= 15 is 0 Å². The van der Waals surface area contributed by atoms with Crippen molar-refractivity contribution in [2.75, 3.05) is 0 Å². The predicted octanol–water partition coefficient (Wildman–Crippen LogP) is 3.20. The van der Waals surface area contributed by atoms with E-state index in [1.165, 1.54) is 0 Å². The molecule has 0 N–H and O–H groups in total. The molecule has 70 valence electrons. The monoisotopic (exact) mass is 224 g/mol. The van der Waals surface area contributed by atoms with Gasteiger partial charge in [0.15, 0.2) is 0 Å². The van der Waals surface area contributed by atoms with Crippen LogP contribution in [0.4, 0.5) is 0 Å². The average Bonchev–Trinajstić information content (AvgIpc) is 2.17. The van der Waals surface area contributed by atoms with E-state index < -0.39 is 5.92 Å². The van der Waals surface area contributed by atoms with Gasteiger partial charge in [-0.15, -0.1) is 0 Å². The van der Waals surface area contributed by atoms with Crippen molar-refractivity contribution in [2.24, 2.45) is 5.92 Å². The van der Waals surface area contributed by atoms with Crippen molar-refractivity contribution < 1.29 is 0 Å². The highest BCUT2D eigenvalue weighted by atomic mass is 35.5. The predicted molar refractivity (Wildman–Crippen MR) is 54.9 cm³/mol. The topological polar surface area (TPSA) is 47.6 Å². The summed E-state index contributed by atoms with van der Waals surface area (Å²) < 4.78 is 0. The van der Waals surface area contributed by atoms with Crippen molar-refractivity contribution in [3.8, 4) is 12.1 Å². The summed E-state index contributed by atoms with van der Waals surface area (Å²) in [5.41, 5.74) is 0.768. The molecule has 4 heteroatoms. The van der Waals surface area contributed by atoms with Crippen LogP contribution in [0.3, 0.4) is 0 Å². The molecule has 0 aromatic heterocycles. The maximum Gasteiger partial charge on any atom is 0.137 e. The zero-order valence-electron chi connectivity index (χ0n) is 7.17. The summed E-state index contributed by atoms with van der Waals surface area (Å²) in [6, 6.07) is 8.80. The minimum atomic E-state index is -0.659. The first-order chi connectivity index (χ1) is 6.67. The first-order valence-electron chi connectivity index (χ1n) is 3.90. The van der Waals surface area contributed by atoms with Gasteiger partial charge in [0.05, 0.1) is 12.1 Å². The zero-order chi connectivity index (χ0) is 10.6. The second kappa shape index (κ2) is 4.86. The van der Waals surface area contributed by atoms with Crippen LogP contribution in [0.5, 0.6) is 0 Å². The molecule has 0 radical (unpaired) electrons. The van der Waals surface area contributed by atoms with Gasteiger partial charge in [0.2, 0.25) is 0 Å².